The fourth-order valence-electron chi connectivity index (χ4n) is 2.68. The number of unbranched alkanes of at least 4 members (excludes halogenated alkanes) is 1. The predicted octanol–water partition coefficient (Wildman–Crippen LogP) is 0.901. The summed E-state index contributed by atoms with van der Waals surface area (Å²) in [4.78, 5) is 26.0. The molecule has 126 valence electrons. The third-order valence-corrected chi connectivity index (χ3v) is 4.03. The molecule has 1 aromatic rings. The molecule has 1 saturated heterocycles. The number of carbonyl (C=O) groups is 2. The van der Waals surface area contributed by atoms with Crippen LogP contribution in [0.3, 0.4) is 0 Å². The maximum absolute atomic E-state index is 12.3. The lowest BCUT2D eigenvalue weighted by Crippen LogP contribution is -2.43. The van der Waals surface area contributed by atoms with Gasteiger partial charge in [-0.3, -0.25) is 4.79 Å². The van der Waals surface area contributed by atoms with Gasteiger partial charge in [-0.25, -0.2) is 4.79 Å². The quantitative estimate of drug-likeness (QED) is 0.575. The van der Waals surface area contributed by atoms with Crippen LogP contribution >= 0.6 is 0 Å². The van der Waals surface area contributed by atoms with Crippen LogP contribution in [0, 0.1) is 0 Å². The van der Waals surface area contributed by atoms with Gasteiger partial charge >= 0.3 is 5.97 Å². The number of nitrogens with two attached hydrogens (primary N) is 2. The molecule has 2 atom stereocenters. The van der Waals surface area contributed by atoms with E-state index < -0.39 is 6.04 Å². The Hall–Kier alpha value is -1.92. The first-order chi connectivity index (χ1) is 11.1. The molecule has 1 amide bonds. The normalized spacial score (nSPS) is 18.7. The van der Waals surface area contributed by atoms with Gasteiger partial charge in [0.05, 0.1) is 18.2 Å². The first kappa shape index (κ1) is 17.4. The maximum atomic E-state index is 12.3. The van der Waals surface area contributed by atoms with Crippen molar-refractivity contribution in [3.05, 3.63) is 35.9 Å². The lowest BCUT2D eigenvalue weighted by molar-refractivity contribution is -0.132. The van der Waals surface area contributed by atoms with Crippen molar-refractivity contribution in [2.45, 2.75) is 37.8 Å². The Balaban J connectivity index is 1.79. The molecule has 1 unspecified atom stereocenters. The van der Waals surface area contributed by atoms with E-state index in [2.05, 4.69) is 0 Å². The van der Waals surface area contributed by atoms with Gasteiger partial charge in [-0.2, -0.15) is 0 Å². The highest BCUT2D eigenvalue weighted by Crippen LogP contribution is 2.16. The molecular weight excluding hydrogens is 294 g/mol. The van der Waals surface area contributed by atoms with Crippen molar-refractivity contribution in [1.82, 2.24) is 4.90 Å². The summed E-state index contributed by atoms with van der Waals surface area (Å²) in [6.07, 6.45) is 2.76. The summed E-state index contributed by atoms with van der Waals surface area (Å²) < 4.78 is 5.47. The van der Waals surface area contributed by atoms with E-state index in [1.165, 1.54) is 0 Å². The van der Waals surface area contributed by atoms with Crippen molar-refractivity contribution in [2.75, 3.05) is 19.6 Å². The summed E-state index contributed by atoms with van der Waals surface area (Å²) in [6.45, 7) is 1.61. The topological polar surface area (TPSA) is 98.7 Å². The smallest absolute Gasteiger partial charge is 0.338 e. The number of ether oxygens (including phenoxy) is 1. The van der Waals surface area contributed by atoms with Gasteiger partial charge in [0.15, 0.2) is 0 Å². The van der Waals surface area contributed by atoms with Gasteiger partial charge in [0, 0.05) is 13.0 Å². The molecule has 1 aliphatic heterocycles. The summed E-state index contributed by atoms with van der Waals surface area (Å²) in [5, 5.41) is 0. The molecule has 0 saturated carbocycles. The van der Waals surface area contributed by atoms with Crippen molar-refractivity contribution < 1.29 is 14.3 Å². The molecule has 0 radical (unpaired) electrons. The number of amides is 1. The molecule has 2 rings (SSSR count). The molecule has 0 spiro atoms. The van der Waals surface area contributed by atoms with Crippen LogP contribution in [0.1, 0.15) is 36.0 Å². The Labute approximate surface area is 136 Å². The fourth-order valence-corrected chi connectivity index (χ4v) is 2.68. The summed E-state index contributed by atoms with van der Waals surface area (Å²) in [5.74, 6) is -0.419. The zero-order valence-electron chi connectivity index (χ0n) is 13.3. The van der Waals surface area contributed by atoms with Crippen LogP contribution in [0.2, 0.25) is 0 Å². The minimum Gasteiger partial charge on any atom is -0.457 e. The Morgan fingerprint density at radius 1 is 1.26 bits per heavy atom. The molecule has 6 nitrogen and oxygen atoms in total. The van der Waals surface area contributed by atoms with Gasteiger partial charge in [-0.1, -0.05) is 24.6 Å². The van der Waals surface area contributed by atoms with Crippen LogP contribution in [0.4, 0.5) is 0 Å². The lowest BCUT2D eigenvalue weighted by Gasteiger charge is -2.20. The second-order valence-corrected chi connectivity index (χ2v) is 5.86. The standard InChI is InChI=1S/C17H25N3O3/c18-10-5-4-8-15(19)16(21)20-11-9-14(12-20)23-17(22)13-6-2-1-3-7-13/h1-3,6-7,14-15H,4-5,8-12,18-19H2/t14?,15-/m0/s1. The van der Waals surface area contributed by atoms with E-state index in [4.69, 9.17) is 16.2 Å². The third-order valence-electron chi connectivity index (χ3n) is 4.03. The third kappa shape index (κ3) is 5.04. The summed E-state index contributed by atoms with van der Waals surface area (Å²) >= 11 is 0. The van der Waals surface area contributed by atoms with Gasteiger partial charge in [-0.15, -0.1) is 0 Å². The zero-order chi connectivity index (χ0) is 16.7. The minimum atomic E-state index is -0.495. The molecule has 0 aliphatic carbocycles. The molecule has 23 heavy (non-hydrogen) atoms. The molecule has 0 aromatic heterocycles. The molecule has 1 heterocycles. The Bertz CT molecular complexity index is 521. The number of carbonyl (C=O) groups excluding carboxylic acids is 2. The fraction of sp³-hybridized carbons (Fsp3) is 0.529. The van der Waals surface area contributed by atoms with Crippen molar-refractivity contribution in [1.29, 1.82) is 0 Å². The minimum absolute atomic E-state index is 0.0692. The monoisotopic (exact) mass is 319 g/mol. The molecule has 1 fully saturated rings. The van der Waals surface area contributed by atoms with Crippen molar-refractivity contribution in [3.8, 4) is 0 Å². The van der Waals surface area contributed by atoms with Crippen LogP contribution in [0.25, 0.3) is 0 Å². The molecule has 6 heteroatoms. The molecular formula is C17H25N3O3. The number of likely N-dealkylation sites (tertiary alicyclic amines) is 1. The highest BCUT2D eigenvalue weighted by Gasteiger charge is 2.31. The Morgan fingerprint density at radius 3 is 2.70 bits per heavy atom. The van der Waals surface area contributed by atoms with Gasteiger partial charge in [-0.05, 0) is 31.5 Å². The number of hydrogen-bond donors (Lipinski definition) is 2. The van der Waals surface area contributed by atoms with E-state index in [-0.39, 0.29) is 18.0 Å². The molecule has 0 bridgehead atoms. The number of nitrogens with zero attached hydrogens (tertiary/aromatic N) is 1. The van der Waals surface area contributed by atoms with E-state index in [0.717, 1.165) is 12.8 Å². The van der Waals surface area contributed by atoms with Gasteiger partial charge < -0.3 is 21.1 Å². The largest absolute Gasteiger partial charge is 0.457 e. The SMILES string of the molecule is NCCCC[C@H](N)C(=O)N1CCC(OC(=O)c2ccccc2)C1. The number of benzene rings is 1. The number of hydrogen-bond acceptors (Lipinski definition) is 5. The first-order valence-electron chi connectivity index (χ1n) is 8.12. The lowest BCUT2D eigenvalue weighted by atomic mass is 10.1. The van der Waals surface area contributed by atoms with Crippen LogP contribution < -0.4 is 11.5 Å². The average Bonchev–Trinajstić information content (AvgIpc) is 3.03. The van der Waals surface area contributed by atoms with Crippen molar-refractivity contribution in [2.24, 2.45) is 11.5 Å². The van der Waals surface area contributed by atoms with Crippen LogP contribution in [-0.4, -0.2) is 48.6 Å². The van der Waals surface area contributed by atoms with Crippen molar-refractivity contribution >= 4 is 11.9 Å². The van der Waals surface area contributed by atoms with Gasteiger partial charge in [0.2, 0.25) is 5.91 Å². The van der Waals surface area contributed by atoms with E-state index in [1.54, 1.807) is 29.2 Å². The van der Waals surface area contributed by atoms with E-state index in [9.17, 15) is 9.59 Å². The molecule has 1 aliphatic rings. The van der Waals surface area contributed by atoms with Gasteiger partial charge in [0.1, 0.15) is 6.10 Å². The second-order valence-electron chi connectivity index (χ2n) is 5.86. The summed E-state index contributed by atoms with van der Waals surface area (Å²) in [5.41, 5.74) is 11.9. The highest BCUT2D eigenvalue weighted by atomic mass is 16.5. The Morgan fingerprint density at radius 2 is 2.00 bits per heavy atom. The molecule has 1 aromatic carbocycles. The van der Waals surface area contributed by atoms with E-state index in [1.807, 2.05) is 6.07 Å². The summed E-state index contributed by atoms with van der Waals surface area (Å²) in [6, 6.07) is 8.37. The number of esters is 1. The zero-order valence-corrected chi connectivity index (χ0v) is 13.3. The average molecular weight is 319 g/mol. The first-order valence-corrected chi connectivity index (χ1v) is 8.12. The Kier molecular flexibility index (Phi) is 6.55. The van der Waals surface area contributed by atoms with Crippen LogP contribution in [0.5, 0.6) is 0 Å². The maximum Gasteiger partial charge on any atom is 0.338 e. The van der Waals surface area contributed by atoms with Crippen LogP contribution in [0.15, 0.2) is 30.3 Å². The van der Waals surface area contributed by atoms with Crippen molar-refractivity contribution in [3.63, 3.8) is 0 Å². The number of rotatable bonds is 7. The summed E-state index contributed by atoms with van der Waals surface area (Å²) in [7, 11) is 0. The molecule has 4 N–H and O–H groups in total. The van der Waals surface area contributed by atoms with E-state index >= 15 is 0 Å². The van der Waals surface area contributed by atoms with Crippen LogP contribution in [-0.2, 0) is 9.53 Å². The van der Waals surface area contributed by atoms with E-state index in [0.29, 0.717) is 38.0 Å². The van der Waals surface area contributed by atoms with Gasteiger partial charge in [0.25, 0.3) is 0 Å². The highest BCUT2D eigenvalue weighted by molar-refractivity contribution is 5.89. The second kappa shape index (κ2) is 8.64. The predicted molar refractivity (Wildman–Crippen MR) is 87.7 cm³/mol.